The van der Waals surface area contributed by atoms with Gasteiger partial charge in [0.1, 0.15) is 0 Å². The van der Waals surface area contributed by atoms with Crippen LogP contribution in [0.4, 0.5) is 17.1 Å². The van der Waals surface area contributed by atoms with Gasteiger partial charge in [-0.25, -0.2) is 0 Å². The fourth-order valence-electron chi connectivity index (χ4n) is 2.97. The third-order valence-corrected chi connectivity index (χ3v) is 11.8. The van der Waals surface area contributed by atoms with Gasteiger partial charge in [0.2, 0.25) is 0 Å². The summed E-state index contributed by atoms with van der Waals surface area (Å²) in [5, 5.41) is 1.93. The molecule has 160 valence electrons. The van der Waals surface area contributed by atoms with E-state index in [2.05, 4.69) is 35.7 Å². The highest BCUT2D eigenvalue weighted by molar-refractivity contribution is 8.65. The predicted molar refractivity (Wildman–Crippen MR) is 146 cm³/mol. The van der Waals surface area contributed by atoms with Crippen molar-refractivity contribution in [3.63, 3.8) is 0 Å². The van der Waals surface area contributed by atoms with Gasteiger partial charge in [0.15, 0.2) is 8.11 Å². The molecule has 1 unspecified atom stereocenters. The first-order valence-corrected chi connectivity index (χ1v) is 21.2. The van der Waals surface area contributed by atoms with Crippen LogP contribution < -0.4 is 15.3 Å². The lowest BCUT2D eigenvalue weighted by atomic mass is 10.2. The summed E-state index contributed by atoms with van der Waals surface area (Å²) in [5.41, 5.74) is 2.92. The minimum Gasteiger partial charge on any atom is -0.311 e. The molecule has 0 radical (unpaired) electrons. The number of nitrogens with zero attached hydrogens (tertiary/aromatic N) is 1. The van der Waals surface area contributed by atoms with E-state index in [-0.39, 0.29) is 0 Å². The lowest BCUT2D eigenvalue weighted by Crippen LogP contribution is -2.29. The van der Waals surface area contributed by atoms with Crippen LogP contribution in [0.25, 0.3) is 0 Å². The minimum absolute atomic E-state index is 0.743. The third kappa shape index (κ3) is 6.06. The molecule has 0 aliphatic carbocycles. The van der Waals surface area contributed by atoms with Gasteiger partial charge in [0.05, 0.1) is 0 Å². The molecule has 0 amide bonds. The maximum absolute atomic E-state index is 6.36. The lowest BCUT2D eigenvalue weighted by molar-refractivity contribution is 1.27. The Balaban J connectivity index is 2.07. The van der Waals surface area contributed by atoms with Crippen molar-refractivity contribution in [2.45, 2.75) is 11.4 Å². The summed E-state index contributed by atoms with van der Waals surface area (Å²) in [7, 11) is 9.42. The van der Waals surface area contributed by atoms with Crippen LogP contribution in [0.15, 0.2) is 77.7 Å². The number of benzene rings is 3. The molecule has 0 aliphatic heterocycles. The lowest BCUT2D eigenvalue weighted by Gasteiger charge is -2.27. The van der Waals surface area contributed by atoms with Crippen molar-refractivity contribution in [3.05, 3.63) is 72.8 Å². The molecule has 30 heavy (non-hydrogen) atoms. The first-order valence-electron chi connectivity index (χ1n) is 8.96. The summed E-state index contributed by atoms with van der Waals surface area (Å²) in [6, 6.07) is 21.0. The SMILES string of the molecule is C[SiH](Cl)c1ccc(N(c2ccc([Si](Cl)(Cl)Cl)cc2)c2ccc(S(C)(Cl)Cl)cc2)cc1. The topological polar surface area (TPSA) is 3.24 Å². The highest BCUT2D eigenvalue weighted by Gasteiger charge is 2.28. The average Bonchev–Trinajstić information content (AvgIpc) is 2.68. The molecule has 10 heteroatoms. The van der Waals surface area contributed by atoms with Crippen LogP contribution in [-0.2, 0) is 0 Å². The summed E-state index contributed by atoms with van der Waals surface area (Å²) in [6.45, 7) is 2.09. The monoisotopic (exact) mass is 571 g/mol. The largest absolute Gasteiger partial charge is 0.372 e. The van der Waals surface area contributed by atoms with Gasteiger partial charge in [-0.1, -0.05) is 39.3 Å². The number of rotatable bonds is 6. The molecule has 0 bridgehead atoms. The average molecular weight is 574 g/mol. The van der Waals surface area contributed by atoms with E-state index in [0.717, 1.165) is 27.1 Å². The van der Waals surface area contributed by atoms with Crippen LogP contribution in [0.3, 0.4) is 0 Å². The number of halogens is 6. The molecule has 0 aliphatic rings. The van der Waals surface area contributed by atoms with Gasteiger partial charge in [0.25, 0.3) is 0 Å². The third-order valence-electron chi connectivity index (χ3n) is 4.57. The summed E-state index contributed by atoms with van der Waals surface area (Å²) < 4.78 is 0. The van der Waals surface area contributed by atoms with Gasteiger partial charge in [-0.15, -0.1) is 33.2 Å². The number of hydrogen-bond donors (Lipinski definition) is 0. The molecule has 3 rings (SSSR count). The molecule has 3 aromatic carbocycles. The Morgan fingerprint density at radius 3 is 1.50 bits per heavy atom. The second-order valence-corrected chi connectivity index (χ2v) is 25.2. The van der Waals surface area contributed by atoms with E-state index in [1.54, 1.807) is 0 Å². The summed E-state index contributed by atoms with van der Waals surface area (Å²) in [5.74, 6) is 0. The fraction of sp³-hybridized carbons (Fsp3) is 0.100. The summed E-state index contributed by atoms with van der Waals surface area (Å²) in [6.07, 6.45) is 1.83. The smallest absolute Gasteiger partial charge is 0.311 e. The molecular weight excluding hydrogens is 555 g/mol. The molecule has 0 saturated carbocycles. The van der Waals surface area contributed by atoms with Gasteiger partial charge in [0, 0.05) is 22.0 Å². The Morgan fingerprint density at radius 2 is 1.13 bits per heavy atom. The van der Waals surface area contributed by atoms with E-state index >= 15 is 0 Å². The van der Waals surface area contributed by atoms with Crippen molar-refractivity contribution >= 4 is 116 Å². The molecule has 0 spiro atoms. The predicted octanol–water partition coefficient (Wildman–Crippen LogP) is 7.92. The van der Waals surface area contributed by atoms with Gasteiger partial charge < -0.3 is 4.90 Å². The first-order chi connectivity index (χ1) is 14.0. The molecule has 0 heterocycles. The second-order valence-electron chi connectivity index (χ2n) is 6.81. The van der Waals surface area contributed by atoms with Gasteiger partial charge in [-0.05, 0) is 86.5 Å². The van der Waals surface area contributed by atoms with Gasteiger partial charge >= 0.3 is 6.00 Å². The molecule has 1 atom stereocenters. The van der Waals surface area contributed by atoms with Crippen LogP contribution in [0.2, 0.25) is 6.55 Å². The van der Waals surface area contributed by atoms with Crippen LogP contribution in [0, 0.1) is 0 Å². The maximum Gasteiger partial charge on any atom is 0.372 e. The fourth-order valence-corrected chi connectivity index (χ4v) is 7.04. The van der Waals surface area contributed by atoms with E-state index in [9.17, 15) is 0 Å². The molecule has 0 saturated heterocycles. The van der Waals surface area contributed by atoms with E-state index in [1.165, 1.54) is 5.19 Å². The zero-order valence-electron chi connectivity index (χ0n) is 16.1. The zero-order chi connectivity index (χ0) is 22.1. The molecule has 1 nitrogen and oxygen atoms in total. The highest BCUT2D eigenvalue weighted by Crippen LogP contribution is 2.62. The van der Waals surface area contributed by atoms with Crippen molar-refractivity contribution in [2.24, 2.45) is 0 Å². The van der Waals surface area contributed by atoms with Crippen molar-refractivity contribution in [1.29, 1.82) is 0 Å². The normalized spacial score (nSPS) is 13.7. The number of hydrogen-bond acceptors (Lipinski definition) is 1. The van der Waals surface area contributed by atoms with Gasteiger partial charge in [-0.2, -0.15) is 11.1 Å². The Bertz CT molecular complexity index is 927. The first kappa shape index (κ1) is 24.6. The summed E-state index contributed by atoms with van der Waals surface area (Å²) in [4.78, 5) is 3.04. The molecule has 3 aromatic rings. The van der Waals surface area contributed by atoms with E-state index in [4.69, 9.17) is 65.7 Å². The van der Waals surface area contributed by atoms with E-state index in [1.807, 2.05) is 54.8 Å². The standard InChI is InChI=1S/C20H19Cl6NSSi2/c1-28(21,22)18-9-3-15(4-10-18)27(16-5-11-19(12-6-16)29(2)23)17-7-13-20(14-8-17)30(24,25)26/h3-14,29H,1-2H3. The van der Waals surface area contributed by atoms with Crippen LogP contribution in [0.1, 0.15) is 0 Å². The van der Waals surface area contributed by atoms with Crippen molar-refractivity contribution in [1.82, 2.24) is 0 Å². The number of anilines is 3. The van der Waals surface area contributed by atoms with Crippen LogP contribution >= 0.6 is 74.1 Å². The second kappa shape index (κ2) is 9.86. The molecular formula is C20H19Cl6NSSi2. The Labute approximate surface area is 209 Å². The van der Waals surface area contributed by atoms with E-state index in [0.29, 0.717) is 0 Å². The molecule has 0 aromatic heterocycles. The zero-order valence-corrected chi connectivity index (χ0v) is 23.6. The van der Waals surface area contributed by atoms with E-state index < -0.39 is 22.6 Å². The van der Waals surface area contributed by atoms with Crippen molar-refractivity contribution in [3.8, 4) is 0 Å². The minimum atomic E-state index is -2.94. The summed E-state index contributed by atoms with van der Waals surface area (Å²) >= 11 is 24.8. The molecule has 0 fully saturated rings. The maximum atomic E-state index is 6.36. The van der Waals surface area contributed by atoms with Crippen molar-refractivity contribution < 1.29 is 0 Å². The van der Waals surface area contributed by atoms with Crippen LogP contribution in [-0.4, -0.2) is 20.4 Å². The van der Waals surface area contributed by atoms with Crippen LogP contribution in [0.5, 0.6) is 0 Å². The molecule has 0 N–H and O–H groups in total. The van der Waals surface area contributed by atoms with Crippen molar-refractivity contribution in [2.75, 3.05) is 11.2 Å². The van der Waals surface area contributed by atoms with Gasteiger partial charge in [-0.3, -0.25) is 0 Å². The highest BCUT2D eigenvalue weighted by atomic mass is 36.0. The Hall–Kier alpha value is -0.0162. The Kier molecular flexibility index (Phi) is 8.09. The Morgan fingerprint density at radius 1 is 0.733 bits per heavy atom. The quantitative estimate of drug-likeness (QED) is 0.214.